The fraction of sp³-hybridized carbons (Fsp3) is 0.667. The monoisotopic (exact) mass is 489 g/mol. The van der Waals surface area contributed by atoms with E-state index in [1.54, 1.807) is 18.8 Å². The van der Waals surface area contributed by atoms with E-state index in [1.807, 2.05) is 24.1 Å². The minimum atomic E-state index is -0.364. The fourth-order valence-electron chi connectivity index (χ4n) is 4.54. The Kier molecular flexibility index (Phi) is 14.1. The van der Waals surface area contributed by atoms with Gasteiger partial charge in [-0.1, -0.05) is 44.2 Å². The van der Waals surface area contributed by atoms with Crippen LogP contribution < -0.4 is 10.6 Å². The molecule has 0 aliphatic heterocycles. The number of hydrogen-bond donors (Lipinski definition) is 2. The van der Waals surface area contributed by atoms with Crippen LogP contribution in [0, 0.1) is 0 Å². The molecule has 1 aromatic carbocycles. The van der Waals surface area contributed by atoms with E-state index in [-0.39, 0.29) is 11.9 Å². The standard InChI is InChI=1S/C27H43N3O3S/c1-28-27(33)16-15-24(21-32)30(2)19-25-22(20-31)11-10-14-26(25)34-18-9-4-3-8-17-29-23-12-6-5-7-13-23/h10-11,14,20-21,23-24,29H,3-9,12-13,15-19H2,1-2H3,(H,28,33). The lowest BCUT2D eigenvalue weighted by molar-refractivity contribution is -0.121. The molecule has 1 fully saturated rings. The van der Waals surface area contributed by atoms with E-state index in [9.17, 15) is 14.4 Å². The Hall–Kier alpha value is -1.70. The number of likely N-dealkylation sites (N-methyl/N-ethyl adjacent to an activating group) is 1. The predicted molar refractivity (Wildman–Crippen MR) is 141 cm³/mol. The molecule has 6 nitrogen and oxygen atoms in total. The number of amides is 1. The van der Waals surface area contributed by atoms with E-state index in [0.29, 0.717) is 24.9 Å². The molecule has 2 rings (SSSR count). The molecule has 2 N–H and O–H groups in total. The van der Waals surface area contributed by atoms with Crippen LogP contribution in [-0.2, 0) is 16.1 Å². The summed E-state index contributed by atoms with van der Waals surface area (Å²) in [6.07, 6.45) is 14.2. The lowest BCUT2D eigenvalue weighted by Crippen LogP contribution is -2.34. The van der Waals surface area contributed by atoms with E-state index in [1.165, 1.54) is 51.4 Å². The van der Waals surface area contributed by atoms with Gasteiger partial charge in [0, 0.05) is 36.5 Å². The second kappa shape index (κ2) is 16.8. The van der Waals surface area contributed by atoms with Crippen molar-refractivity contribution < 1.29 is 14.4 Å². The normalized spacial score (nSPS) is 15.3. The van der Waals surface area contributed by atoms with Crippen LogP contribution in [0.3, 0.4) is 0 Å². The molecule has 1 saturated carbocycles. The number of thioether (sulfide) groups is 1. The van der Waals surface area contributed by atoms with Gasteiger partial charge in [0.1, 0.15) is 12.6 Å². The summed E-state index contributed by atoms with van der Waals surface area (Å²) < 4.78 is 0. The number of nitrogens with one attached hydrogen (secondary N) is 2. The van der Waals surface area contributed by atoms with Crippen LogP contribution in [0.1, 0.15) is 86.6 Å². The van der Waals surface area contributed by atoms with Crippen LogP contribution >= 0.6 is 11.8 Å². The molecule has 0 aromatic heterocycles. The van der Waals surface area contributed by atoms with E-state index in [2.05, 4.69) is 16.7 Å². The zero-order valence-corrected chi connectivity index (χ0v) is 21.8. The van der Waals surface area contributed by atoms with Crippen LogP contribution in [0.4, 0.5) is 0 Å². The first-order valence-corrected chi connectivity index (χ1v) is 13.9. The number of unbranched alkanes of at least 4 members (excludes halogenated alkanes) is 3. The zero-order chi connectivity index (χ0) is 24.6. The van der Waals surface area contributed by atoms with Gasteiger partial charge in [-0.3, -0.25) is 14.5 Å². The summed E-state index contributed by atoms with van der Waals surface area (Å²) in [5, 5.41) is 6.31. The van der Waals surface area contributed by atoms with Gasteiger partial charge in [0.15, 0.2) is 0 Å². The van der Waals surface area contributed by atoms with Crippen molar-refractivity contribution in [2.45, 2.75) is 94.2 Å². The van der Waals surface area contributed by atoms with E-state index in [0.717, 1.165) is 47.8 Å². The fourth-order valence-corrected chi connectivity index (χ4v) is 5.64. The molecule has 1 amide bonds. The Bertz CT molecular complexity index is 753. The summed E-state index contributed by atoms with van der Waals surface area (Å²) >= 11 is 1.79. The van der Waals surface area contributed by atoms with Crippen LogP contribution in [0.2, 0.25) is 0 Å². The van der Waals surface area contributed by atoms with Gasteiger partial charge in [0.2, 0.25) is 5.91 Å². The molecular weight excluding hydrogens is 446 g/mol. The summed E-state index contributed by atoms with van der Waals surface area (Å²) in [4.78, 5) is 37.9. The average molecular weight is 490 g/mol. The molecule has 7 heteroatoms. The van der Waals surface area contributed by atoms with Gasteiger partial charge in [-0.15, -0.1) is 11.8 Å². The average Bonchev–Trinajstić information content (AvgIpc) is 2.87. The second-order valence-corrected chi connectivity index (χ2v) is 10.5. The molecule has 1 atom stereocenters. The molecule has 1 aliphatic rings. The Morgan fingerprint density at radius 1 is 1.15 bits per heavy atom. The predicted octanol–water partition coefficient (Wildman–Crippen LogP) is 4.60. The largest absolute Gasteiger partial charge is 0.359 e. The van der Waals surface area contributed by atoms with Crippen molar-refractivity contribution in [2.75, 3.05) is 26.4 Å². The molecule has 0 saturated heterocycles. The Morgan fingerprint density at radius 3 is 2.62 bits per heavy atom. The highest BCUT2D eigenvalue weighted by atomic mass is 32.2. The third-order valence-corrected chi connectivity index (χ3v) is 7.93. The second-order valence-electron chi connectivity index (χ2n) is 9.32. The number of carbonyl (C=O) groups is 3. The Balaban J connectivity index is 1.77. The van der Waals surface area contributed by atoms with E-state index < -0.39 is 0 Å². The highest BCUT2D eigenvalue weighted by Crippen LogP contribution is 2.28. The Labute approximate surface area is 210 Å². The quantitative estimate of drug-likeness (QED) is 0.189. The van der Waals surface area contributed by atoms with Crippen molar-refractivity contribution >= 4 is 30.2 Å². The first-order chi connectivity index (χ1) is 16.6. The van der Waals surface area contributed by atoms with E-state index >= 15 is 0 Å². The van der Waals surface area contributed by atoms with Crippen molar-refractivity contribution in [1.29, 1.82) is 0 Å². The maximum Gasteiger partial charge on any atom is 0.219 e. The molecule has 34 heavy (non-hydrogen) atoms. The smallest absolute Gasteiger partial charge is 0.219 e. The van der Waals surface area contributed by atoms with Gasteiger partial charge in [0.05, 0.1) is 6.04 Å². The molecule has 0 spiro atoms. The minimum Gasteiger partial charge on any atom is -0.359 e. The summed E-state index contributed by atoms with van der Waals surface area (Å²) in [7, 11) is 3.47. The van der Waals surface area contributed by atoms with Crippen LogP contribution in [-0.4, -0.2) is 61.9 Å². The maximum absolute atomic E-state index is 11.7. The topological polar surface area (TPSA) is 78.5 Å². The van der Waals surface area contributed by atoms with Crippen molar-refractivity contribution in [3.05, 3.63) is 29.3 Å². The minimum absolute atomic E-state index is 0.0745. The third-order valence-electron chi connectivity index (χ3n) is 6.74. The SMILES string of the molecule is CNC(=O)CCC(C=O)N(C)Cc1c(C=O)cccc1SCCCCCCNC1CCCCC1. The van der Waals surface area contributed by atoms with Crippen LogP contribution in [0.15, 0.2) is 23.1 Å². The first-order valence-electron chi connectivity index (χ1n) is 12.9. The number of nitrogens with zero attached hydrogens (tertiary/aromatic N) is 1. The number of rotatable bonds is 17. The summed E-state index contributed by atoms with van der Waals surface area (Å²) in [6, 6.07) is 6.20. The molecule has 1 unspecified atom stereocenters. The molecule has 0 heterocycles. The number of aldehydes is 2. The van der Waals surface area contributed by atoms with Crippen molar-refractivity contribution in [1.82, 2.24) is 15.5 Å². The molecule has 1 aliphatic carbocycles. The van der Waals surface area contributed by atoms with Gasteiger partial charge >= 0.3 is 0 Å². The summed E-state index contributed by atoms with van der Waals surface area (Å²) in [5.41, 5.74) is 1.63. The van der Waals surface area contributed by atoms with Gasteiger partial charge in [-0.2, -0.15) is 0 Å². The molecule has 1 aromatic rings. The molecule has 190 valence electrons. The van der Waals surface area contributed by atoms with Gasteiger partial charge < -0.3 is 15.4 Å². The highest BCUT2D eigenvalue weighted by molar-refractivity contribution is 7.99. The van der Waals surface area contributed by atoms with Crippen molar-refractivity contribution in [3.63, 3.8) is 0 Å². The first kappa shape index (κ1) is 28.5. The number of carbonyl (C=O) groups excluding carboxylic acids is 3. The molecule has 0 radical (unpaired) electrons. The third kappa shape index (κ3) is 10.3. The molecular formula is C27H43N3O3S. The van der Waals surface area contributed by atoms with Gasteiger partial charge in [0.25, 0.3) is 0 Å². The maximum atomic E-state index is 11.7. The zero-order valence-electron chi connectivity index (χ0n) is 21.0. The lowest BCUT2D eigenvalue weighted by atomic mass is 9.95. The van der Waals surface area contributed by atoms with Crippen molar-refractivity contribution in [2.24, 2.45) is 0 Å². The molecule has 0 bridgehead atoms. The summed E-state index contributed by atoms with van der Waals surface area (Å²) in [6.45, 7) is 1.63. The Morgan fingerprint density at radius 2 is 1.91 bits per heavy atom. The number of benzene rings is 1. The van der Waals surface area contributed by atoms with Gasteiger partial charge in [-0.25, -0.2) is 0 Å². The van der Waals surface area contributed by atoms with Crippen LogP contribution in [0.25, 0.3) is 0 Å². The van der Waals surface area contributed by atoms with Crippen LogP contribution in [0.5, 0.6) is 0 Å². The highest BCUT2D eigenvalue weighted by Gasteiger charge is 2.19. The van der Waals surface area contributed by atoms with Crippen molar-refractivity contribution in [3.8, 4) is 0 Å². The van der Waals surface area contributed by atoms with E-state index in [4.69, 9.17) is 0 Å². The summed E-state index contributed by atoms with van der Waals surface area (Å²) in [5.74, 6) is 0.942. The number of hydrogen-bond acceptors (Lipinski definition) is 6. The van der Waals surface area contributed by atoms with Gasteiger partial charge in [-0.05, 0) is 63.1 Å². The lowest BCUT2D eigenvalue weighted by Gasteiger charge is -2.25.